The van der Waals surface area contributed by atoms with E-state index >= 15 is 0 Å². The van der Waals surface area contributed by atoms with Gasteiger partial charge in [0, 0.05) is 6.26 Å². The van der Waals surface area contributed by atoms with Crippen LogP contribution in [0.2, 0.25) is 0 Å². The highest BCUT2D eigenvalue weighted by Gasteiger charge is 2.17. The van der Waals surface area contributed by atoms with Crippen LogP contribution < -0.4 is 5.56 Å². The fraction of sp³-hybridized carbons (Fsp3) is 0.118. The molecule has 9 heteroatoms. The van der Waals surface area contributed by atoms with Gasteiger partial charge in [-0.3, -0.25) is 9.89 Å². The number of sulfone groups is 1. The van der Waals surface area contributed by atoms with Crippen LogP contribution in [0.4, 0.5) is 11.4 Å². The van der Waals surface area contributed by atoms with Crippen LogP contribution in [-0.4, -0.2) is 29.6 Å². The maximum absolute atomic E-state index is 12.6. The second kappa shape index (κ2) is 6.60. The van der Waals surface area contributed by atoms with Crippen molar-refractivity contribution in [3.63, 3.8) is 0 Å². The molecule has 1 heterocycles. The Bertz CT molecular complexity index is 1150. The lowest BCUT2D eigenvalue weighted by Gasteiger charge is -2.04. The number of hydrogen-bond donors (Lipinski definition) is 2. The fourth-order valence-corrected chi connectivity index (χ4v) is 3.25. The first kappa shape index (κ1) is 17.6. The third-order valence-electron chi connectivity index (χ3n) is 3.68. The minimum Gasteiger partial charge on any atom is -0.506 e. The maximum Gasteiger partial charge on any atom is 0.299 e. The third-order valence-corrected chi connectivity index (χ3v) is 4.81. The lowest BCUT2D eigenvalue weighted by atomic mass is 10.3. The van der Waals surface area contributed by atoms with Crippen LogP contribution in [0.25, 0.3) is 5.69 Å². The van der Waals surface area contributed by atoms with Crippen molar-refractivity contribution in [1.29, 1.82) is 0 Å². The van der Waals surface area contributed by atoms with Gasteiger partial charge in [0.15, 0.2) is 15.5 Å². The summed E-state index contributed by atoms with van der Waals surface area (Å²) < 4.78 is 25.0. The summed E-state index contributed by atoms with van der Waals surface area (Å²) in [4.78, 5) is 12.4. The van der Waals surface area contributed by atoms with Crippen molar-refractivity contribution in [2.75, 3.05) is 6.26 Å². The van der Waals surface area contributed by atoms with Gasteiger partial charge in [0.05, 0.1) is 16.3 Å². The molecule has 0 atom stereocenters. The summed E-state index contributed by atoms with van der Waals surface area (Å²) in [7, 11) is -3.62. The summed E-state index contributed by atoms with van der Waals surface area (Å²) >= 11 is 0. The Morgan fingerprint density at radius 2 is 1.65 bits per heavy atom. The number of aryl methyl sites for hydroxylation is 1. The Labute approximate surface area is 149 Å². The Morgan fingerprint density at radius 3 is 2.31 bits per heavy atom. The number of aromatic hydroxyl groups is 1. The highest BCUT2D eigenvalue weighted by atomic mass is 32.2. The summed E-state index contributed by atoms with van der Waals surface area (Å²) in [5.41, 5.74) is 0.465. The zero-order valence-electron chi connectivity index (χ0n) is 14.0. The molecule has 8 nitrogen and oxygen atoms in total. The average Bonchev–Trinajstić information content (AvgIpc) is 2.88. The first-order valence-corrected chi connectivity index (χ1v) is 9.49. The van der Waals surface area contributed by atoms with E-state index in [9.17, 15) is 18.3 Å². The van der Waals surface area contributed by atoms with Gasteiger partial charge in [-0.25, -0.2) is 13.1 Å². The Kier molecular flexibility index (Phi) is 4.47. The fourth-order valence-electron chi connectivity index (χ4n) is 2.42. The predicted molar refractivity (Wildman–Crippen MR) is 96.5 cm³/mol. The Balaban J connectivity index is 2.10. The van der Waals surface area contributed by atoms with Crippen LogP contribution in [0.5, 0.6) is 5.75 Å². The second-order valence-electron chi connectivity index (χ2n) is 5.66. The number of phenolic OH excluding ortho intramolecular Hbond substituents is 1. The monoisotopic (exact) mass is 372 g/mol. The van der Waals surface area contributed by atoms with Gasteiger partial charge >= 0.3 is 0 Å². The van der Waals surface area contributed by atoms with Crippen molar-refractivity contribution in [2.24, 2.45) is 10.2 Å². The minimum absolute atomic E-state index is 0.0246. The van der Waals surface area contributed by atoms with Gasteiger partial charge in [0.25, 0.3) is 5.56 Å². The van der Waals surface area contributed by atoms with Gasteiger partial charge in [-0.05, 0) is 31.2 Å². The first-order chi connectivity index (χ1) is 12.3. The molecule has 0 radical (unpaired) electrons. The maximum atomic E-state index is 12.6. The molecule has 1 aromatic heterocycles. The molecule has 0 saturated heterocycles. The number of phenols is 1. The molecule has 134 valence electrons. The largest absolute Gasteiger partial charge is 0.506 e. The van der Waals surface area contributed by atoms with E-state index in [0.717, 1.165) is 6.26 Å². The highest BCUT2D eigenvalue weighted by Crippen LogP contribution is 2.34. The van der Waals surface area contributed by atoms with Crippen LogP contribution >= 0.6 is 0 Å². The van der Waals surface area contributed by atoms with Gasteiger partial charge in [-0.2, -0.15) is 0 Å². The van der Waals surface area contributed by atoms with E-state index in [2.05, 4.69) is 15.3 Å². The zero-order chi connectivity index (χ0) is 18.9. The molecule has 0 spiro atoms. The topological polar surface area (TPSA) is 117 Å². The number of aromatic nitrogens is 2. The van der Waals surface area contributed by atoms with Crippen LogP contribution in [0.1, 0.15) is 5.69 Å². The molecule has 0 aliphatic rings. The summed E-state index contributed by atoms with van der Waals surface area (Å²) in [6.45, 7) is 1.65. The second-order valence-corrected chi connectivity index (χ2v) is 7.64. The quantitative estimate of drug-likeness (QED) is 0.685. The summed E-state index contributed by atoms with van der Waals surface area (Å²) in [6, 6.07) is 12.9. The number of rotatable bonds is 4. The third kappa shape index (κ3) is 3.29. The molecule has 3 aromatic rings. The lowest BCUT2D eigenvalue weighted by Crippen LogP contribution is -2.13. The van der Waals surface area contributed by atoms with Gasteiger partial charge < -0.3 is 5.11 Å². The van der Waals surface area contributed by atoms with Crippen molar-refractivity contribution in [3.05, 3.63) is 64.6 Å². The molecule has 2 aromatic carbocycles. The molecule has 0 aliphatic heterocycles. The van der Waals surface area contributed by atoms with Gasteiger partial charge in [0.2, 0.25) is 0 Å². The molecular formula is C17H16N4O4S. The molecular weight excluding hydrogens is 356 g/mol. The molecule has 0 fully saturated rings. The molecule has 0 saturated carbocycles. The van der Waals surface area contributed by atoms with Crippen molar-refractivity contribution >= 4 is 21.2 Å². The molecule has 26 heavy (non-hydrogen) atoms. The number of H-pyrrole nitrogens is 1. The lowest BCUT2D eigenvalue weighted by molar-refractivity contribution is 0.474. The van der Waals surface area contributed by atoms with E-state index in [1.54, 1.807) is 31.2 Å². The smallest absolute Gasteiger partial charge is 0.299 e. The number of azo groups is 1. The van der Waals surface area contributed by atoms with Gasteiger partial charge in [-0.15, -0.1) is 10.2 Å². The standard InChI is InChI=1S/C17H16N4O4S/c1-11-15(17(23)21(20-11)12-7-4-3-5-8-12)18-19-16-13(22)9-6-10-14(16)26(2,24)25/h3-10,20,22H,1-2H3. The minimum atomic E-state index is -3.62. The molecule has 0 amide bonds. The van der Waals surface area contributed by atoms with Crippen molar-refractivity contribution in [2.45, 2.75) is 11.8 Å². The SMILES string of the molecule is Cc1[nH]n(-c2ccccc2)c(=O)c1N=Nc1c(O)cccc1S(C)(=O)=O. The summed E-state index contributed by atoms with van der Waals surface area (Å²) in [5.74, 6) is -0.340. The van der Waals surface area contributed by atoms with Gasteiger partial charge in [-0.1, -0.05) is 24.3 Å². The number of benzene rings is 2. The molecule has 3 rings (SSSR count). The molecule has 0 aliphatic carbocycles. The van der Waals surface area contributed by atoms with Crippen molar-refractivity contribution < 1.29 is 13.5 Å². The number of para-hydroxylation sites is 1. The predicted octanol–water partition coefficient (Wildman–Crippen LogP) is 3.00. The van der Waals surface area contributed by atoms with Gasteiger partial charge in [0.1, 0.15) is 11.4 Å². The summed E-state index contributed by atoms with van der Waals surface area (Å²) in [6.07, 6.45) is 1.00. The van der Waals surface area contributed by atoms with Crippen molar-refractivity contribution in [3.8, 4) is 11.4 Å². The average molecular weight is 372 g/mol. The van der Waals surface area contributed by atoms with Crippen LogP contribution in [0, 0.1) is 6.92 Å². The molecule has 0 bridgehead atoms. The number of nitrogens with zero attached hydrogens (tertiary/aromatic N) is 3. The Hall–Kier alpha value is -3.20. The Morgan fingerprint density at radius 1 is 1.00 bits per heavy atom. The van der Waals surface area contributed by atoms with Crippen LogP contribution in [-0.2, 0) is 9.84 Å². The first-order valence-electron chi connectivity index (χ1n) is 7.60. The van der Waals surface area contributed by atoms with Crippen LogP contribution in [0.15, 0.2) is 68.4 Å². The highest BCUT2D eigenvalue weighted by molar-refractivity contribution is 7.90. The van der Waals surface area contributed by atoms with E-state index in [-0.39, 0.29) is 22.0 Å². The number of nitrogens with one attached hydrogen (secondary N) is 1. The van der Waals surface area contributed by atoms with E-state index in [0.29, 0.717) is 11.4 Å². The van der Waals surface area contributed by atoms with Crippen molar-refractivity contribution in [1.82, 2.24) is 9.78 Å². The number of hydrogen-bond acceptors (Lipinski definition) is 6. The zero-order valence-corrected chi connectivity index (χ0v) is 14.9. The van der Waals surface area contributed by atoms with E-state index < -0.39 is 15.4 Å². The molecule has 2 N–H and O–H groups in total. The normalized spacial score (nSPS) is 11.9. The van der Waals surface area contributed by atoms with Crippen LogP contribution in [0.3, 0.4) is 0 Å². The van der Waals surface area contributed by atoms with E-state index in [1.165, 1.54) is 22.9 Å². The summed E-state index contributed by atoms with van der Waals surface area (Å²) in [5, 5.41) is 20.6. The van der Waals surface area contributed by atoms with E-state index in [1.807, 2.05) is 6.07 Å². The molecule has 0 unspecified atom stereocenters. The number of aromatic amines is 1. The van der Waals surface area contributed by atoms with E-state index in [4.69, 9.17) is 0 Å².